The number of fused-ring (bicyclic) bond motifs is 4. The number of nitrogens with zero attached hydrogens (tertiary/aromatic N) is 4. The standard InChI is InChI=1S/C25H28N6O/c1-15(2)20-14-26-31-24(20)29-23(16-9-11-32-12-10-16)30-25(31)27-17-7-8-22-19(13-17)18-5-3-4-6-21(18)28-22/h3-6,9,14-15,17,28H,7-8,10-13H2,1-2H3,(H,27,29,30)/t17-/m1/s1. The van der Waals surface area contributed by atoms with Gasteiger partial charge in [-0.1, -0.05) is 38.1 Å². The number of rotatable bonds is 4. The Morgan fingerprint density at radius 3 is 2.94 bits per heavy atom. The molecule has 0 saturated carbocycles. The summed E-state index contributed by atoms with van der Waals surface area (Å²) in [5, 5.41) is 9.71. The highest BCUT2D eigenvalue weighted by Gasteiger charge is 2.25. The minimum atomic E-state index is 0.294. The molecule has 0 unspecified atom stereocenters. The largest absolute Gasteiger partial charge is 0.377 e. The fraction of sp³-hybridized carbons (Fsp3) is 0.400. The Morgan fingerprint density at radius 1 is 1.19 bits per heavy atom. The highest BCUT2D eigenvalue weighted by atomic mass is 16.5. The molecule has 164 valence electrons. The van der Waals surface area contributed by atoms with Gasteiger partial charge >= 0.3 is 0 Å². The average molecular weight is 429 g/mol. The number of aryl methyl sites for hydroxylation is 1. The van der Waals surface area contributed by atoms with Gasteiger partial charge in [0.1, 0.15) is 0 Å². The van der Waals surface area contributed by atoms with Crippen LogP contribution < -0.4 is 5.32 Å². The lowest BCUT2D eigenvalue weighted by Gasteiger charge is -2.24. The van der Waals surface area contributed by atoms with Gasteiger partial charge in [0.25, 0.3) is 0 Å². The molecule has 1 aliphatic carbocycles. The van der Waals surface area contributed by atoms with Crippen LogP contribution in [0.15, 0.2) is 36.5 Å². The zero-order chi connectivity index (χ0) is 21.7. The van der Waals surface area contributed by atoms with E-state index in [9.17, 15) is 0 Å². The Hall–Kier alpha value is -3.19. The third-order valence-electron chi connectivity index (χ3n) is 6.70. The number of hydrogen-bond donors (Lipinski definition) is 2. The van der Waals surface area contributed by atoms with Crippen LogP contribution in [0.4, 0.5) is 5.95 Å². The van der Waals surface area contributed by atoms with E-state index in [1.807, 2.05) is 10.7 Å². The highest BCUT2D eigenvalue weighted by molar-refractivity contribution is 5.85. The van der Waals surface area contributed by atoms with Crippen LogP contribution in [-0.2, 0) is 17.6 Å². The molecule has 3 aromatic heterocycles. The summed E-state index contributed by atoms with van der Waals surface area (Å²) < 4.78 is 7.38. The van der Waals surface area contributed by atoms with Crippen LogP contribution in [-0.4, -0.2) is 43.8 Å². The summed E-state index contributed by atoms with van der Waals surface area (Å²) in [5.74, 6) is 1.90. The predicted octanol–water partition coefficient (Wildman–Crippen LogP) is 4.50. The number of para-hydroxylation sites is 1. The fourth-order valence-electron chi connectivity index (χ4n) is 4.94. The summed E-state index contributed by atoms with van der Waals surface area (Å²) in [7, 11) is 0. The average Bonchev–Trinajstić information content (AvgIpc) is 3.41. The number of aromatic amines is 1. The molecular weight excluding hydrogens is 400 g/mol. The Kier molecular flexibility index (Phi) is 4.72. The maximum absolute atomic E-state index is 5.50. The van der Waals surface area contributed by atoms with Crippen LogP contribution in [0.3, 0.4) is 0 Å². The third kappa shape index (κ3) is 3.28. The third-order valence-corrected chi connectivity index (χ3v) is 6.70. The second-order valence-corrected chi connectivity index (χ2v) is 9.13. The second-order valence-electron chi connectivity index (χ2n) is 9.13. The van der Waals surface area contributed by atoms with Gasteiger partial charge in [0.2, 0.25) is 5.95 Å². The smallest absolute Gasteiger partial charge is 0.228 e. The Labute approximate surface area is 186 Å². The molecule has 6 rings (SSSR count). The lowest BCUT2D eigenvalue weighted by atomic mass is 9.91. The molecule has 7 nitrogen and oxygen atoms in total. The monoisotopic (exact) mass is 428 g/mol. The first-order valence-electron chi connectivity index (χ1n) is 11.5. The second kappa shape index (κ2) is 7.74. The summed E-state index contributed by atoms with van der Waals surface area (Å²) in [6, 6.07) is 8.88. The molecule has 2 aliphatic rings. The summed E-state index contributed by atoms with van der Waals surface area (Å²) in [4.78, 5) is 13.5. The number of benzene rings is 1. The van der Waals surface area contributed by atoms with Crippen molar-refractivity contribution in [2.75, 3.05) is 18.5 Å². The normalized spacial score (nSPS) is 18.8. The molecule has 0 bridgehead atoms. The van der Waals surface area contributed by atoms with Crippen molar-refractivity contribution in [2.24, 2.45) is 0 Å². The SMILES string of the molecule is CC(C)c1cnn2c(N[C@@H]3CCc4[nH]c5ccccc5c4C3)nc(C3=CCOCC3)nc12. The van der Waals surface area contributed by atoms with Crippen LogP contribution in [0, 0.1) is 0 Å². The molecule has 4 aromatic rings. The van der Waals surface area contributed by atoms with Crippen molar-refractivity contribution < 1.29 is 4.74 Å². The molecule has 32 heavy (non-hydrogen) atoms. The van der Waals surface area contributed by atoms with Crippen LogP contribution in [0.2, 0.25) is 0 Å². The maximum atomic E-state index is 5.50. The van der Waals surface area contributed by atoms with Crippen molar-refractivity contribution in [1.29, 1.82) is 0 Å². The molecule has 4 heterocycles. The van der Waals surface area contributed by atoms with E-state index in [1.54, 1.807) is 0 Å². The summed E-state index contributed by atoms with van der Waals surface area (Å²) in [6.07, 6.45) is 7.92. The lowest BCUT2D eigenvalue weighted by Crippen LogP contribution is -2.29. The molecular formula is C25H28N6O. The molecule has 0 amide bonds. The summed E-state index contributed by atoms with van der Waals surface area (Å²) in [5.41, 5.74) is 7.21. The lowest BCUT2D eigenvalue weighted by molar-refractivity contribution is 0.161. The van der Waals surface area contributed by atoms with Gasteiger partial charge in [-0.25, -0.2) is 4.98 Å². The molecule has 0 radical (unpaired) electrons. The van der Waals surface area contributed by atoms with Crippen LogP contribution in [0.25, 0.3) is 22.1 Å². The Balaban J connectivity index is 1.38. The van der Waals surface area contributed by atoms with Crippen molar-refractivity contribution in [3.63, 3.8) is 0 Å². The zero-order valence-electron chi connectivity index (χ0n) is 18.6. The number of ether oxygens (including phenoxy) is 1. The van der Waals surface area contributed by atoms with Gasteiger partial charge < -0.3 is 15.0 Å². The van der Waals surface area contributed by atoms with Crippen LogP contribution >= 0.6 is 0 Å². The minimum Gasteiger partial charge on any atom is -0.377 e. The van der Waals surface area contributed by atoms with Gasteiger partial charge in [0.15, 0.2) is 11.5 Å². The Bertz CT molecular complexity index is 1330. The van der Waals surface area contributed by atoms with Crippen molar-refractivity contribution >= 4 is 28.1 Å². The number of hydrogen-bond acceptors (Lipinski definition) is 5. The van der Waals surface area contributed by atoms with E-state index >= 15 is 0 Å². The van der Waals surface area contributed by atoms with E-state index in [0.29, 0.717) is 25.2 Å². The fourth-order valence-corrected chi connectivity index (χ4v) is 4.94. The van der Waals surface area contributed by atoms with Crippen molar-refractivity contribution in [3.05, 3.63) is 59.2 Å². The van der Waals surface area contributed by atoms with E-state index in [0.717, 1.165) is 54.2 Å². The van der Waals surface area contributed by atoms with E-state index in [4.69, 9.17) is 14.7 Å². The number of aromatic nitrogens is 5. The van der Waals surface area contributed by atoms with Crippen LogP contribution in [0.5, 0.6) is 0 Å². The Morgan fingerprint density at radius 2 is 2.09 bits per heavy atom. The molecule has 0 spiro atoms. The number of nitrogens with one attached hydrogen (secondary N) is 2. The first kappa shape index (κ1) is 19.5. The summed E-state index contributed by atoms with van der Waals surface area (Å²) in [6.45, 7) is 5.69. The number of anilines is 1. The van der Waals surface area contributed by atoms with E-state index in [-0.39, 0.29) is 0 Å². The van der Waals surface area contributed by atoms with E-state index < -0.39 is 0 Å². The van der Waals surface area contributed by atoms with Crippen molar-refractivity contribution in [3.8, 4) is 0 Å². The molecule has 1 aromatic carbocycles. The topological polar surface area (TPSA) is 80.1 Å². The van der Waals surface area contributed by atoms with Gasteiger partial charge in [0, 0.05) is 28.2 Å². The van der Waals surface area contributed by atoms with E-state index in [2.05, 4.69) is 59.6 Å². The van der Waals surface area contributed by atoms with Crippen LogP contribution in [0.1, 0.15) is 55.3 Å². The quantitative estimate of drug-likeness (QED) is 0.500. The van der Waals surface area contributed by atoms with Crippen molar-refractivity contribution in [2.45, 2.75) is 51.5 Å². The maximum Gasteiger partial charge on any atom is 0.228 e. The molecule has 0 saturated heterocycles. The zero-order valence-corrected chi connectivity index (χ0v) is 18.6. The van der Waals surface area contributed by atoms with Gasteiger partial charge in [-0.15, -0.1) is 0 Å². The first-order chi connectivity index (χ1) is 15.7. The van der Waals surface area contributed by atoms with Gasteiger partial charge in [-0.2, -0.15) is 14.6 Å². The predicted molar refractivity (Wildman–Crippen MR) is 126 cm³/mol. The first-order valence-corrected chi connectivity index (χ1v) is 11.5. The molecule has 0 fully saturated rings. The minimum absolute atomic E-state index is 0.294. The highest BCUT2D eigenvalue weighted by Crippen LogP contribution is 2.31. The van der Waals surface area contributed by atoms with Crippen molar-refractivity contribution in [1.82, 2.24) is 24.6 Å². The summed E-state index contributed by atoms with van der Waals surface area (Å²) >= 11 is 0. The van der Waals surface area contributed by atoms with Gasteiger partial charge in [-0.05, 0) is 48.8 Å². The molecule has 1 atom stereocenters. The van der Waals surface area contributed by atoms with E-state index in [1.165, 1.54) is 22.2 Å². The van der Waals surface area contributed by atoms with Gasteiger partial charge in [0.05, 0.1) is 19.4 Å². The molecule has 1 aliphatic heterocycles. The molecule has 7 heteroatoms. The number of H-pyrrole nitrogens is 1. The van der Waals surface area contributed by atoms with Gasteiger partial charge in [-0.3, -0.25) is 0 Å². The molecule has 2 N–H and O–H groups in total.